The number of β-lactam (4-membered cyclic amide) rings is 1. The lowest BCUT2D eigenvalue weighted by Crippen LogP contribution is -2.70. The fourth-order valence-electron chi connectivity index (χ4n) is 1.41. The fourth-order valence-corrected chi connectivity index (χ4v) is 2.18. The van der Waals surface area contributed by atoms with Crippen molar-refractivity contribution >= 4 is 58.6 Å². The van der Waals surface area contributed by atoms with Gasteiger partial charge in [-0.2, -0.15) is 16.8 Å². The number of thioether (sulfide) groups is 1. The lowest BCUT2D eigenvalue weighted by Gasteiger charge is -2.41. The Bertz CT molecular complexity index is 339. The zero-order valence-corrected chi connectivity index (χ0v) is 12.3. The summed E-state index contributed by atoms with van der Waals surface area (Å²) in [5.74, 6) is 0.137. The average molecular weight is 338 g/mol. The molecule has 0 spiro atoms. The number of alkyl halides is 3. The number of amides is 2. The summed E-state index contributed by atoms with van der Waals surface area (Å²) in [5, 5.41) is 12.1. The predicted molar refractivity (Wildman–Crippen MR) is 70.2 cm³/mol. The van der Waals surface area contributed by atoms with Crippen LogP contribution < -0.4 is 5.32 Å². The lowest BCUT2D eigenvalue weighted by atomic mass is 10.0. The van der Waals surface area contributed by atoms with Crippen molar-refractivity contribution in [3.8, 4) is 0 Å². The molecule has 1 heterocycles. The Kier molecular flexibility index (Phi) is 5.67. The second-order valence-electron chi connectivity index (χ2n) is 3.51. The molecule has 18 heavy (non-hydrogen) atoms. The first-order valence-electron chi connectivity index (χ1n) is 4.77. The first kappa shape index (κ1) is 16.0. The molecule has 2 N–H and O–H groups in total. The lowest BCUT2D eigenvalue weighted by molar-refractivity contribution is -0.185. The monoisotopic (exact) mass is 336 g/mol. The van der Waals surface area contributed by atoms with Crippen LogP contribution in [0, 0.1) is 0 Å². The van der Waals surface area contributed by atoms with E-state index >= 15 is 0 Å². The van der Waals surface area contributed by atoms with Gasteiger partial charge in [-0.05, 0) is 6.26 Å². The molecule has 0 aliphatic carbocycles. The molecule has 1 fully saturated rings. The molecule has 2 atom stereocenters. The predicted octanol–water partition coefficient (Wildman–Crippen LogP) is 1.50. The zero-order valence-electron chi connectivity index (χ0n) is 9.23. The second-order valence-corrected chi connectivity index (χ2v) is 6.94. The van der Waals surface area contributed by atoms with Crippen LogP contribution in [0.15, 0.2) is 0 Å². The summed E-state index contributed by atoms with van der Waals surface area (Å²) in [6, 6.07) is -1.22. The normalized spacial score (nSPS) is 23.2. The quantitative estimate of drug-likeness (QED) is 0.451. The number of halogens is 3. The van der Waals surface area contributed by atoms with Gasteiger partial charge in [-0.25, -0.2) is 4.79 Å². The number of carbonyl (C=O) groups is 2. The van der Waals surface area contributed by atoms with Crippen LogP contribution in [0.25, 0.3) is 0 Å². The average Bonchev–Trinajstić information content (AvgIpc) is 2.21. The van der Waals surface area contributed by atoms with Crippen LogP contribution in [-0.2, 0) is 9.63 Å². The van der Waals surface area contributed by atoms with Gasteiger partial charge in [-0.15, -0.1) is 0 Å². The molecule has 104 valence electrons. The Morgan fingerprint density at radius 2 is 2.22 bits per heavy atom. The van der Waals surface area contributed by atoms with E-state index in [0.717, 1.165) is 0 Å². The number of nitrogens with zero attached hydrogens (tertiary/aromatic N) is 1. The number of hydroxylamine groups is 2. The third kappa shape index (κ3) is 4.24. The zero-order chi connectivity index (χ0) is 13.9. The molecule has 0 radical (unpaired) electrons. The molecule has 1 rings (SSSR count). The van der Waals surface area contributed by atoms with Gasteiger partial charge >= 0.3 is 6.09 Å². The van der Waals surface area contributed by atoms with Crippen molar-refractivity contribution < 1.29 is 19.5 Å². The molecule has 0 saturated carbocycles. The maximum atomic E-state index is 11.4. The Balaban J connectivity index is 2.66. The van der Waals surface area contributed by atoms with Gasteiger partial charge in [0.05, 0.1) is 6.04 Å². The molecule has 1 aliphatic rings. The third-order valence-electron chi connectivity index (χ3n) is 2.13. The number of hydrogen-bond donors (Lipinski definition) is 2. The van der Waals surface area contributed by atoms with Crippen molar-refractivity contribution in [2.45, 2.75) is 15.9 Å². The Morgan fingerprint density at radius 3 is 2.61 bits per heavy atom. The van der Waals surface area contributed by atoms with E-state index in [1.54, 1.807) is 0 Å². The molecular formula is C8H11Cl3N2O4S. The second kappa shape index (κ2) is 6.38. The Hall–Kier alpha value is -0.0800. The van der Waals surface area contributed by atoms with E-state index in [-0.39, 0.29) is 6.04 Å². The summed E-state index contributed by atoms with van der Waals surface area (Å²) in [6.07, 6.45) is 0.435. The molecule has 0 unspecified atom stereocenters. The van der Waals surface area contributed by atoms with E-state index in [1.807, 2.05) is 6.26 Å². The molecule has 10 heteroatoms. The van der Waals surface area contributed by atoms with E-state index in [2.05, 4.69) is 5.32 Å². The molecule has 1 saturated heterocycles. The van der Waals surface area contributed by atoms with Crippen LogP contribution in [0.1, 0.15) is 0 Å². The van der Waals surface area contributed by atoms with Gasteiger partial charge in [0.25, 0.3) is 0 Å². The number of carboxylic acid groups (broad SMARTS) is 1. The van der Waals surface area contributed by atoms with Crippen molar-refractivity contribution in [1.29, 1.82) is 0 Å². The highest BCUT2D eigenvalue weighted by Gasteiger charge is 2.47. The minimum atomic E-state index is -1.75. The van der Waals surface area contributed by atoms with Crippen molar-refractivity contribution in [1.82, 2.24) is 10.4 Å². The maximum Gasteiger partial charge on any atom is 0.432 e. The minimum absolute atomic E-state index is 0.307. The Morgan fingerprint density at radius 1 is 1.61 bits per heavy atom. The number of rotatable bonds is 5. The molecule has 0 bridgehead atoms. The first-order chi connectivity index (χ1) is 8.26. The first-order valence-corrected chi connectivity index (χ1v) is 7.30. The fraction of sp³-hybridized carbons (Fsp3) is 0.750. The highest BCUT2D eigenvalue weighted by molar-refractivity contribution is 7.98. The van der Waals surface area contributed by atoms with Gasteiger partial charge in [0.15, 0.2) is 6.04 Å². The highest BCUT2D eigenvalue weighted by Crippen LogP contribution is 2.27. The van der Waals surface area contributed by atoms with E-state index in [1.165, 1.54) is 11.8 Å². The van der Waals surface area contributed by atoms with E-state index in [0.29, 0.717) is 10.8 Å². The van der Waals surface area contributed by atoms with Crippen LogP contribution in [0.5, 0.6) is 0 Å². The van der Waals surface area contributed by atoms with Crippen LogP contribution >= 0.6 is 46.6 Å². The summed E-state index contributed by atoms with van der Waals surface area (Å²) in [4.78, 5) is 27.3. The topological polar surface area (TPSA) is 78.9 Å². The summed E-state index contributed by atoms with van der Waals surface area (Å²) in [5.41, 5.74) is 0. The molecule has 1 aliphatic heterocycles. The van der Waals surface area contributed by atoms with E-state index in [9.17, 15) is 9.59 Å². The summed E-state index contributed by atoms with van der Waals surface area (Å²) >= 11 is 17.9. The SMILES string of the molecule is CSC[C@H]1NC(=O)[C@H]1N(OCC(Cl)(Cl)Cl)C(=O)O. The Labute approximate surface area is 123 Å². The molecular weight excluding hydrogens is 327 g/mol. The van der Waals surface area contributed by atoms with Crippen molar-refractivity contribution in [3.63, 3.8) is 0 Å². The third-order valence-corrected chi connectivity index (χ3v) is 3.15. The van der Waals surface area contributed by atoms with Gasteiger partial charge in [0.2, 0.25) is 9.70 Å². The van der Waals surface area contributed by atoms with Gasteiger partial charge in [0, 0.05) is 5.75 Å². The van der Waals surface area contributed by atoms with E-state index in [4.69, 9.17) is 44.7 Å². The van der Waals surface area contributed by atoms with Crippen LogP contribution in [0.4, 0.5) is 4.79 Å². The highest BCUT2D eigenvalue weighted by atomic mass is 35.6. The molecule has 2 amide bonds. The summed E-state index contributed by atoms with van der Waals surface area (Å²) in [6.45, 7) is -0.459. The summed E-state index contributed by atoms with van der Waals surface area (Å²) < 4.78 is -1.75. The molecule has 6 nitrogen and oxygen atoms in total. The van der Waals surface area contributed by atoms with Crippen molar-refractivity contribution in [2.75, 3.05) is 18.6 Å². The largest absolute Gasteiger partial charge is 0.463 e. The standard InChI is InChI=1S/C8H11Cl3N2O4S/c1-18-2-4-5(6(14)12-4)13(7(15)16)17-3-8(9,10)11/h4-5H,2-3H2,1H3,(H,12,14)(H,15,16)/t4-,5+/m1/s1. The minimum Gasteiger partial charge on any atom is -0.463 e. The van der Waals surface area contributed by atoms with Gasteiger partial charge in [-0.3, -0.25) is 9.63 Å². The van der Waals surface area contributed by atoms with Gasteiger partial charge in [0.1, 0.15) is 6.61 Å². The summed E-state index contributed by atoms with van der Waals surface area (Å²) in [7, 11) is 0. The molecule has 0 aromatic carbocycles. The van der Waals surface area contributed by atoms with Crippen LogP contribution in [0.3, 0.4) is 0 Å². The smallest absolute Gasteiger partial charge is 0.432 e. The maximum absolute atomic E-state index is 11.4. The van der Waals surface area contributed by atoms with Crippen LogP contribution in [0.2, 0.25) is 0 Å². The van der Waals surface area contributed by atoms with Crippen LogP contribution in [-0.4, -0.2) is 56.7 Å². The van der Waals surface area contributed by atoms with Gasteiger partial charge < -0.3 is 10.4 Å². The van der Waals surface area contributed by atoms with Crippen molar-refractivity contribution in [2.24, 2.45) is 0 Å². The van der Waals surface area contributed by atoms with Gasteiger partial charge in [-0.1, -0.05) is 34.8 Å². The van der Waals surface area contributed by atoms with E-state index < -0.39 is 28.4 Å². The number of nitrogens with one attached hydrogen (secondary N) is 1. The number of hydrogen-bond acceptors (Lipinski definition) is 4. The van der Waals surface area contributed by atoms with Crippen molar-refractivity contribution in [3.05, 3.63) is 0 Å². The number of carbonyl (C=O) groups excluding carboxylic acids is 1. The molecule has 0 aromatic rings. The molecule has 0 aromatic heterocycles.